The van der Waals surface area contributed by atoms with Crippen LogP contribution in [0.5, 0.6) is 0 Å². The first-order valence-electron chi connectivity index (χ1n) is 12.1. The van der Waals surface area contributed by atoms with E-state index in [2.05, 4.69) is 19.0 Å². The maximum atomic E-state index is 11.4. The van der Waals surface area contributed by atoms with Crippen LogP contribution in [0.4, 0.5) is 0 Å². The molecular formula is C25H42N2O2. The molecule has 4 aliphatic rings. The van der Waals surface area contributed by atoms with Crippen molar-refractivity contribution in [3.63, 3.8) is 0 Å². The van der Waals surface area contributed by atoms with Gasteiger partial charge in [0.15, 0.2) is 0 Å². The van der Waals surface area contributed by atoms with Crippen molar-refractivity contribution in [1.29, 1.82) is 0 Å². The number of allylic oxidation sites excluding steroid dienone is 1. The van der Waals surface area contributed by atoms with E-state index in [1.165, 1.54) is 44.9 Å². The standard InChI is InChI=1S/C25H42N2O2/c1-18(17-27-29-14-13-26)15-25(28)12-11-24(3)19(16-25)6-7-20-21-5-4-9-23(21,2)10-8-22(20)24/h15,17,19-22,28H,4-14,16,26H2,1-3H3/t19-,20+,21+,22+,23+,24+,25-/m1/s1. The van der Waals surface area contributed by atoms with Crippen LogP contribution in [0.3, 0.4) is 0 Å². The van der Waals surface area contributed by atoms with Gasteiger partial charge in [0.25, 0.3) is 0 Å². The molecule has 4 heteroatoms. The molecule has 0 aromatic carbocycles. The summed E-state index contributed by atoms with van der Waals surface area (Å²) in [5.41, 5.74) is 6.74. The Bertz CT molecular complexity index is 661. The third-order valence-corrected chi connectivity index (χ3v) is 9.58. The third-order valence-electron chi connectivity index (χ3n) is 9.58. The van der Waals surface area contributed by atoms with Gasteiger partial charge in [-0.25, -0.2) is 0 Å². The van der Waals surface area contributed by atoms with Crippen LogP contribution in [-0.4, -0.2) is 30.1 Å². The summed E-state index contributed by atoms with van der Waals surface area (Å²) in [7, 11) is 0. The molecule has 0 aliphatic heterocycles. The number of hydrogen-bond acceptors (Lipinski definition) is 4. The fourth-order valence-electron chi connectivity index (χ4n) is 8.09. The molecule has 0 aromatic heterocycles. The number of nitrogens with two attached hydrogens (primary N) is 1. The highest BCUT2D eigenvalue weighted by atomic mass is 16.6. The van der Waals surface area contributed by atoms with Crippen LogP contribution in [0.25, 0.3) is 0 Å². The minimum absolute atomic E-state index is 0.416. The molecule has 0 saturated heterocycles. The number of oxime groups is 1. The number of fused-ring (bicyclic) bond motifs is 5. The Kier molecular flexibility index (Phi) is 5.89. The molecule has 0 heterocycles. The first-order chi connectivity index (χ1) is 13.8. The van der Waals surface area contributed by atoms with E-state index < -0.39 is 5.60 Å². The van der Waals surface area contributed by atoms with Crippen molar-refractivity contribution in [2.45, 2.75) is 90.6 Å². The van der Waals surface area contributed by atoms with Gasteiger partial charge in [0, 0.05) is 6.54 Å². The monoisotopic (exact) mass is 402 g/mol. The second kappa shape index (κ2) is 8.00. The SMILES string of the molecule is CC(C=NOCCN)=C[C@]1(O)CC[C@@]2(C)[C@H](CC[C@H]3[C@@H]4CCC[C@@]4(C)CC[C@@H]32)C1. The van der Waals surface area contributed by atoms with Crippen molar-refractivity contribution in [3.05, 3.63) is 11.6 Å². The Labute approximate surface area is 177 Å². The molecule has 4 aliphatic carbocycles. The molecule has 29 heavy (non-hydrogen) atoms. The van der Waals surface area contributed by atoms with Crippen LogP contribution in [-0.2, 0) is 4.84 Å². The Balaban J connectivity index is 1.46. The van der Waals surface area contributed by atoms with Gasteiger partial charge in [-0.3, -0.25) is 0 Å². The topological polar surface area (TPSA) is 67.8 Å². The number of nitrogens with zero attached hydrogens (tertiary/aromatic N) is 1. The Morgan fingerprint density at radius 1 is 1.10 bits per heavy atom. The highest BCUT2D eigenvalue weighted by Gasteiger charge is 2.59. The average molecular weight is 403 g/mol. The van der Waals surface area contributed by atoms with Gasteiger partial charge < -0.3 is 15.7 Å². The highest BCUT2D eigenvalue weighted by Crippen LogP contribution is 2.66. The predicted octanol–water partition coefficient (Wildman–Crippen LogP) is 5.06. The molecule has 3 N–H and O–H groups in total. The quantitative estimate of drug-likeness (QED) is 0.384. The molecular weight excluding hydrogens is 360 g/mol. The summed E-state index contributed by atoms with van der Waals surface area (Å²) in [5, 5.41) is 15.3. The van der Waals surface area contributed by atoms with E-state index in [-0.39, 0.29) is 0 Å². The number of aliphatic hydroxyl groups is 1. The fraction of sp³-hybridized carbons (Fsp3) is 0.880. The fourth-order valence-corrected chi connectivity index (χ4v) is 8.09. The van der Waals surface area contributed by atoms with Crippen molar-refractivity contribution in [2.75, 3.05) is 13.2 Å². The largest absolute Gasteiger partial charge is 0.394 e. The van der Waals surface area contributed by atoms with Crippen LogP contribution in [0.2, 0.25) is 0 Å². The molecule has 4 saturated carbocycles. The van der Waals surface area contributed by atoms with E-state index in [4.69, 9.17) is 10.6 Å². The molecule has 4 fully saturated rings. The molecule has 0 bridgehead atoms. The molecule has 164 valence electrons. The summed E-state index contributed by atoms with van der Waals surface area (Å²) in [5.74, 6) is 3.42. The third kappa shape index (κ3) is 3.92. The summed E-state index contributed by atoms with van der Waals surface area (Å²) in [6, 6.07) is 0. The van der Waals surface area contributed by atoms with Gasteiger partial charge in [-0.05, 0) is 111 Å². The molecule has 0 amide bonds. The van der Waals surface area contributed by atoms with Crippen LogP contribution < -0.4 is 5.73 Å². The van der Waals surface area contributed by atoms with Crippen LogP contribution in [0, 0.1) is 34.5 Å². The van der Waals surface area contributed by atoms with Crippen molar-refractivity contribution in [3.8, 4) is 0 Å². The lowest BCUT2D eigenvalue weighted by molar-refractivity contribution is -0.135. The van der Waals surface area contributed by atoms with E-state index in [9.17, 15) is 5.11 Å². The molecule has 4 nitrogen and oxygen atoms in total. The molecule has 0 radical (unpaired) electrons. The molecule has 7 atom stereocenters. The summed E-state index contributed by atoms with van der Waals surface area (Å²) in [6.45, 7) is 8.05. The van der Waals surface area contributed by atoms with E-state index in [0.29, 0.717) is 29.9 Å². The highest BCUT2D eigenvalue weighted by molar-refractivity contribution is 5.77. The van der Waals surface area contributed by atoms with Gasteiger partial charge in [0.1, 0.15) is 6.61 Å². The van der Waals surface area contributed by atoms with Gasteiger partial charge in [0.2, 0.25) is 0 Å². The number of hydrogen-bond donors (Lipinski definition) is 2. The van der Waals surface area contributed by atoms with E-state index in [1.54, 1.807) is 6.21 Å². The van der Waals surface area contributed by atoms with E-state index >= 15 is 0 Å². The van der Waals surface area contributed by atoms with Crippen molar-refractivity contribution in [2.24, 2.45) is 45.4 Å². The normalized spacial score (nSPS) is 47.6. The second-order valence-corrected chi connectivity index (χ2v) is 11.3. The van der Waals surface area contributed by atoms with E-state index in [0.717, 1.165) is 42.6 Å². The molecule has 0 unspecified atom stereocenters. The molecule has 4 rings (SSSR count). The van der Waals surface area contributed by atoms with Crippen LogP contribution in [0.15, 0.2) is 16.8 Å². The first-order valence-corrected chi connectivity index (χ1v) is 12.1. The van der Waals surface area contributed by atoms with Gasteiger partial charge in [-0.15, -0.1) is 0 Å². The van der Waals surface area contributed by atoms with Gasteiger partial charge in [-0.2, -0.15) is 0 Å². The summed E-state index contributed by atoms with van der Waals surface area (Å²) in [6.07, 6.45) is 16.6. The zero-order chi connectivity index (χ0) is 20.7. The summed E-state index contributed by atoms with van der Waals surface area (Å²) >= 11 is 0. The van der Waals surface area contributed by atoms with E-state index in [1.807, 2.05) is 13.0 Å². The zero-order valence-electron chi connectivity index (χ0n) is 18.8. The van der Waals surface area contributed by atoms with Gasteiger partial charge in [0.05, 0.1) is 11.8 Å². The minimum Gasteiger partial charge on any atom is -0.394 e. The molecule has 0 spiro atoms. The van der Waals surface area contributed by atoms with Crippen molar-refractivity contribution < 1.29 is 9.94 Å². The summed E-state index contributed by atoms with van der Waals surface area (Å²) in [4.78, 5) is 5.10. The zero-order valence-corrected chi connectivity index (χ0v) is 18.8. The summed E-state index contributed by atoms with van der Waals surface area (Å²) < 4.78 is 0. The second-order valence-electron chi connectivity index (χ2n) is 11.3. The lowest BCUT2D eigenvalue weighted by atomic mass is 9.44. The molecule has 0 aromatic rings. The Hall–Kier alpha value is -0.870. The maximum absolute atomic E-state index is 11.4. The van der Waals surface area contributed by atoms with Gasteiger partial charge in [-0.1, -0.05) is 25.4 Å². The van der Waals surface area contributed by atoms with Crippen molar-refractivity contribution in [1.82, 2.24) is 0 Å². The minimum atomic E-state index is -0.697. The first kappa shape index (κ1) is 21.4. The lowest BCUT2D eigenvalue weighted by Gasteiger charge is -2.61. The smallest absolute Gasteiger partial charge is 0.129 e. The van der Waals surface area contributed by atoms with Crippen LogP contribution >= 0.6 is 0 Å². The van der Waals surface area contributed by atoms with Crippen LogP contribution in [0.1, 0.15) is 85.0 Å². The van der Waals surface area contributed by atoms with Gasteiger partial charge >= 0.3 is 0 Å². The maximum Gasteiger partial charge on any atom is 0.129 e. The average Bonchev–Trinajstić information content (AvgIpc) is 3.08. The van der Waals surface area contributed by atoms with Crippen molar-refractivity contribution >= 4 is 6.21 Å². The number of rotatable bonds is 5. The Morgan fingerprint density at radius 3 is 2.72 bits per heavy atom. The predicted molar refractivity (Wildman–Crippen MR) is 119 cm³/mol. The lowest BCUT2D eigenvalue weighted by Crippen LogP contribution is -2.55. The Morgan fingerprint density at radius 2 is 1.93 bits per heavy atom.